The zero-order valence-corrected chi connectivity index (χ0v) is 22.3. The van der Waals surface area contributed by atoms with E-state index in [9.17, 15) is 9.59 Å². The first-order valence-electron chi connectivity index (χ1n) is 14.1. The quantitative estimate of drug-likeness (QED) is 0.313. The number of benzene rings is 3. The highest BCUT2D eigenvalue weighted by Crippen LogP contribution is 2.36. The molecule has 0 bridgehead atoms. The fraction of sp³-hybridized carbons (Fsp3) is 0.312. The molecule has 0 saturated carbocycles. The number of carbonyl (C=O) groups is 1. The number of carbonyl (C=O) groups excluding carboxylic acids is 1. The molecular formula is C32H31N5O3. The average Bonchev–Trinajstić information content (AvgIpc) is 3.68. The van der Waals surface area contributed by atoms with Crippen LogP contribution in [0.5, 0.6) is 0 Å². The van der Waals surface area contributed by atoms with Gasteiger partial charge in [-0.05, 0) is 43.9 Å². The summed E-state index contributed by atoms with van der Waals surface area (Å²) in [4.78, 5) is 33.6. The van der Waals surface area contributed by atoms with E-state index in [2.05, 4.69) is 27.9 Å². The maximum atomic E-state index is 13.5. The van der Waals surface area contributed by atoms with Crippen LogP contribution in [0.3, 0.4) is 0 Å². The third-order valence-corrected chi connectivity index (χ3v) is 8.22. The molecule has 1 atom stereocenters. The van der Waals surface area contributed by atoms with Crippen LogP contribution in [-0.2, 0) is 16.1 Å². The Bertz CT molecular complexity index is 1750. The second kappa shape index (κ2) is 10.4. The third-order valence-electron chi connectivity index (χ3n) is 8.22. The van der Waals surface area contributed by atoms with Crippen molar-refractivity contribution in [3.8, 4) is 11.3 Å². The van der Waals surface area contributed by atoms with Gasteiger partial charge in [0, 0.05) is 36.7 Å². The van der Waals surface area contributed by atoms with Gasteiger partial charge in [-0.25, -0.2) is 9.67 Å². The van der Waals surface area contributed by atoms with Crippen LogP contribution < -0.4 is 5.56 Å². The Hall–Kier alpha value is -4.30. The molecule has 8 nitrogen and oxygen atoms in total. The summed E-state index contributed by atoms with van der Waals surface area (Å²) in [6.07, 6.45) is 3.70. The molecule has 5 aromatic rings. The second-order valence-corrected chi connectivity index (χ2v) is 10.7. The topological polar surface area (TPSA) is 82.2 Å². The normalized spacial score (nSPS) is 18.1. The van der Waals surface area contributed by atoms with Gasteiger partial charge >= 0.3 is 0 Å². The first-order valence-corrected chi connectivity index (χ1v) is 14.1. The van der Waals surface area contributed by atoms with E-state index in [1.54, 1.807) is 6.07 Å². The molecule has 2 aliphatic rings. The smallest absolute Gasteiger partial charge is 0.275 e. The van der Waals surface area contributed by atoms with Crippen molar-refractivity contribution in [2.45, 2.75) is 44.4 Å². The number of ether oxygens (including phenoxy) is 1. The molecule has 4 heterocycles. The largest absolute Gasteiger partial charge is 0.370 e. The molecule has 7 rings (SSSR count). The van der Waals surface area contributed by atoms with Crippen LogP contribution >= 0.6 is 0 Å². The molecule has 3 aromatic carbocycles. The number of fused-ring (bicyclic) bond motifs is 2. The number of imidazole rings is 1. The van der Waals surface area contributed by atoms with Gasteiger partial charge in [0.25, 0.3) is 5.56 Å². The van der Waals surface area contributed by atoms with Gasteiger partial charge in [-0.3, -0.25) is 9.59 Å². The first kappa shape index (κ1) is 24.7. The average molecular weight is 534 g/mol. The molecule has 0 unspecified atom stereocenters. The number of aromatic nitrogens is 4. The Morgan fingerprint density at radius 3 is 2.38 bits per heavy atom. The van der Waals surface area contributed by atoms with Crippen LogP contribution in [0.1, 0.15) is 43.7 Å². The van der Waals surface area contributed by atoms with Crippen molar-refractivity contribution >= 4 is 27.7 Å². The van der Waals surface area contributed by atoms with Crippen molar-refractivity contribution in [3.63, 3.8) is 0 Å². The SMILES string of the molecule is O=C(Cn1nc(-c2ccccc2)c2ccccc2c1=O)N1CCC(n2c([C@@H]3CCCO3)nc3ccccc32)CC1. The van der Waals surface area contributed by atoms with Crippen LogP contribution in [0, 0.1) is 0 Å². The monoisotopic (exact) mass is 533 g/mol. The zero-order valence-electron chi connectivity index (χ0n) is 22.3. The molecule has 2 saturated heterocycles. The number of hydrogen-bond acceptors (Lipinski definition) is 5. The van der Waals surface area contributed by atoms with E-state index in [0.717, 1.165) is 60.1 Å². The van der Waals surface area contributed by atoms with Crippen molar-refractivity contribution in [3.05, 3.63) is 95.0 Å². The predicted octanol–water partition coefficient (Wildman–Crippen LogP) is 5.13. The summed E-state index contributed by atoms with van der Waals surface area (Å²) in [5, 5.41) is 6.04. The summed E-state index contributed by atoms with van der Waals surface area (Å²) in [6, 6.07) is 25.8. The van der Waals surface area contributed by atoms with E-state index in [0.29, 0.717) is 24.2 Å². The van der Waals surface area contributed by atoms with Gasteiger partial charge in [0.15, 0.2) is 0 Å². The third kappa shape index (κ3) is 4.38. The van der Waals surface area contributed by atoms with Gasteiger partial charge in [-0.15, -0.1) is 0 Å². The van der Waals surface area contributed by atoms with E-state index in [-0.39, 0.29) is 30.2 Å². The number of para-hydroxylation sites is 2. The summed E-state index contributed by atoms with van der Waals surface area (Å²) < 4.78 is 9.71. The minimum absolute atomic E-state index is 0.0247. The fourth-order valence-electron chi connectivity index (χ4n) is 6.21. The number of likely N-dealkylation sites (tertiary alicyclic amines) is 1. The molecule has 0 spiro atoms. The molecule has 202 valence electrons. The molecule has 0 radical (unpaired) electrons. The highest BCUT2D eigenvalue weighted by atomic mass is 16.5. The van der Waals surface area contributed by atoms with E-state index in [1.165, 1.54) is 4.68 Å². The Kier molecular flexibility index (Phi) is 6.40. The zero-order chi connectivity index (χ0) is 27.1. The van der Waals surface area contributed by atoms with E-state index < -0.39 is 0 Å². The lowest BCUT2D eigenvalue weighted by atomic mass is 10.0. The standard InChI is InChI=1S/C32H31N5O3/c38-29(21-36-32(39)25-12-5-4-11-24(25)30(34-36)22-9-2-1-3-10-22)35-18-16-23(17-19-35)37-27-14-7-6-13-26(27)33-31(37)28-15-8-20-40-28/h1-7,9-14,23,28H,8,15-21H2/t28-/m0/s1. The lowest BCUT2D eigenvalue weighted by Gasteiger charge is -2.34. The molecule has 1 amide bonds. The molecular weight excluding hydrogens is 502 g/mol. The van der Waals surface area contributed by atoms with Crippen LogP contribution in [0.15, 0.2) is 83.7 Å². The summed E-state index contributed by atoms with van der Waals surface area (Å²) in [5.41, 5.74) is 3.48. The van der Waals surface area contributed by atoms with Crippen molar-refractivity contribution in [1.82, 2.24) is 24.2 Å². The lowest BCUT2D eigenvalue weighted by Crippen LogP contribution is -2.42. The maximum absolute atomic E-state index is 13.5. The number of amides is 1. The number of hydrogen-bond donors (Lipinski definition) is 0. The molecule has 40 heavy (non-hydrogen) atoms. The van der Waals surface area contributed by atoms with Crippen molar-refractivity contribution in [1.29, 1.82) is 0 Å². The summed E-state index contributed by atoms with van der Waals surface area (Å²) >= 11 is 0. The molecule has 0 N–H and O–H groups in total. The van der Waals surface area contributed by atoms with Crippen LogP contribution in [0.25, 0.3) is 33.1 Å². The van der Waals surface area contributed by atoms with Crippen LogP contribution in [-0.4, -0.2) is 49.8 Å². The second-order valence-electron chi connectivity index (χ2n) is 10.7. The number of nitrogens with zero attached hydrogens (tertiary/aromatic N) is 5. The highest BCUT2D eigenvalue weighted by Gasteiger charge is 2.31. The van der Waals surface area contributed by atoms with Gasteiger partial charge in [-0.1, -0.05) is 60.7 Å². The first-order chi connectivity index (χ1) is 19.7. The summed E-state index contributed by atoms with van der Waals surface area (Å²) in [7, 11) is 0. The minimum atomic E-state index is -0.246. The maximum Gasteiger partial charge on any atom is 0.275 e. The van der Waals surface area contributed by atoms with E-state index >= 15 is 0 Å². The Morgan fingerprint density at radius 1 is 0.875 bits per heavy atom. The predicted molar refractivity (Wildman–Crippen MR) is 154 cm³/mol. The Labute approximate surface area is 231 Å². The summed E-state index contributed by atoms with van der Waals surface area (Å²) in [6.45, 7) is 1.93. The van der Waals surface area contributed by atoms with E-state index in [4.69, 9.17) is 9.72 Å². The Morgan fingerprint density at radius 2 is 1.60 bits per heavy atom. The van der Waals surface area contributed by atoms with Gasteiger partial charge < -0.3 is 14.2 Å². The minimum Gasteiger partial charge on any atom is -0.370 e. The molecule has 2 aromatic heterocycles. The van der Waals surface area contributed by atoms with Crippen molar-refractivity contribution in [2.24, 2.45) is 0 Å². The lowest BCUT2D eigenvalue weighted by molar-refractivity contribution is -0.133. The Balaban J connectivity index is 1.13. The van der Waals surface area contributed by atoms with Crippen LogP contribution in [0.2, 0.25) is 0 Å². The highest BCUT2D eigenvalue weighted by molar-refractivity contribution is 5.93. The number of rotatable bonds is 5. The molecule has 8 heteroatoms. The van der Waals surface area contributed by atoms with Gasteiger partial charge in [0.2, 0.25) is 5.91 Å². The van der Waals surface area contributed by atoms with Crippen LogP contribution in [0.4, 0.5) is 0 Å². The van der Waals surface area contributed by atoms with Crippen molar-refractivity contribution in [2.75, 3.05) is 19.7 Å². The molecule has 0 aliphatic carbocycles. The van der Waals surface area contributed by atoms with Gasteiger partial charge in [-0.2, -0.15) is 5.10 Å². The molecule has 2 fully saturated rings. The van der Waals surface area contributed by atoms with Crippen molar-refractivity contribution < 1.29 is 9.53 Å². The van der Waals surface area contributed by atoms with E-state index in [1.807, 2.05) is 59.5 Å². The van der Waals surface area contributed by atoms with Gasteiger partial charge in [0.1, 0.15) is 18.5 Å². The number of piperidine rings is 1. The van der Waals surface area contributed by atoms with Gasteiger partial charge in [0.05, 0.1) is 22.1 Å². The molecule has 2 aliphatic heterocycles. The fourth-order valence-corrected chi connectivity index (χ4v) is 6.21. The summed E-state index contributed by atoms with van der Waals surface area (Å²) in [5.74, 6) is 0.918.